The lowest BCUT2D eigenvalue weighted by Gasteiger charge is -1.98. The van der Waals surface area contributed by atoms with Gasteiger partial charge >= 0.3 is 0 Å². The second-order valence-electron chi connectivity index (χ2n) is 2.67. The zero-order valence-electron chi connectivity index (χ0n) is 7.42. The Labute approximate surface area is 86.4 Å². The minimum Gasteiger partial charge on any atom is -0.507 e. The Morgan fingerprint density at radius 2 is 2.31 bits per heavy atom. The van der Waals surface area contributed by atoms with E-state index >= 15 is 0 Å². The van der Waals surface area contributed by atoms with Crippen molar-refractivity contribution in [1.29, 1.82) is 0 Å². The molecule has 0 saturated heterocycles. The second-order valence-corrected chi connectivity index (χ2v) is 3.53. The highest BCUT2D eigenvalue weighted by Crippen LogP contribution is 2.24. The van der Waals surface area contributed by atoms with Gasteiger partial charge in [0.1, 0.15) is 5.75 Å². The summed E-state index contributed by atoms with van der Waals surface area (Å²) in [6.07, 6.45) is 4.03. The standard InChI is InChI=1S/C10H12BrNO/c1-12-6-2-3-8-4-5-10(13)9(11)7-8/h2-5,7,12-13H,6H2,1H3. The van der Waals surface area contributed by atoms with Crippen LogP contribution in [0.25, 0.3) is 6.08 Å². The summed E-state index contributed by atoms with van der Waals surface area (Å²) in [4.78, 5) is 0. The molecule has 3 heteroatoms. The second kappa shape index (κ2) is 5.04. The summed E-state index contributed by atoms with van der Waals surface area (Å²) in [6, 6.07) is 5.41. The van der Waals surface area contributed by atoms with Crippen molar-refractivity contribution in [3.05, 3.63) is 34.3 Å². The van der Waals surface area contributed by atoms with E-state index < -0.39 is 0 Å². The van der Waals surface area contributed by atoms with E-state index in [1.807, 2.05) is 31.3 Å². The van der Waals surface area contributed by atoms with Crippen molar-refractivity contribution < 1.29 is 5.11 Å². The number of halogens is 1. The highest BCUT2D eigenvalue weighted by molar-refractivity contribution is 9.10. The van der Waals surface area contributed by atoms with Crippen LogP contribution in [0, 0.1) is 0 Å². The van der Waals surface area contributed by atoms with E-state index in [0.29, 0.717) is 0 Å². The van der Waals surface area contributed by atoms with E-state index in [9.17, 15) is 5.11 Å². The monoisotopic (exact) mass is 241 g/mol. The molecular formula is C10H12BrNO. The number of hydrogen-bond donors (Lipinski definition) is 2. The first-order chi connectivity index (χ1) is 6.24. The minimum absolute atomic E-state index is 0.269. The molecule has 1 aromatic carbocycles. The van der Waals surface area contributed by atoms with Crippen molar-refractivity contribution in [1.82, 2.24) is 5.32 Å². The summed E-state index contributed by atoms with van der Waals surface area (Å²) in [6.45, 7) is 0.846. The molecule has 0 amide bonds. The van der Waals surface area contributed by atoms with Gasteiger partial charge in [-0.2, -0.15) is 0 Å². The van der Waals surface area contributed by atoms with Crippen molar-refractivity contribution in [2.45, 2.75) is 0 Å². The fourth-order valence-electron chi connectivity index (χ4n) is 0.940. The Hall–Kier alpha value is -0.800. The van der Waals surface area contributed by atoms with Gasteiger partial charge in [-0.3, -0.25) is 0 Å². The summed E-state index contributed by atoms with van der Waals surface area (Å²) in [5.41, 5.74) is 1.07. The Morgan fingerprint density at radius 3 is 2.92 bits per heavy atom. The molecule has 0 bridgehead atoms. The number of aromatic hydroxyl groups is 1. The average Bonchev–Trinajstić information content (AvgIpc) is 2.12. The Kier molecular flexibility index (Phi) is 3.99. The molecule has 1 aromatic rings. The van der Waals surface area contributed by atoms with Gasteiger partial charge in [0.05, 0.1) is 4.47 Å². The number of phenols is 1. The molecule has 0 aliphatic heterocycles. The quantitative estimate of drug-likeness (QED) is 0.852. The van der Waals surface area contributed by atoms with Gasteiger partial charge in [-0.25, -0.2) is 0 Å². The van der Waals surface area contributed by atoms with Gasteiger partial charge in [0.2, 0.25) is 0 Å². The number of likely N-dealkylation sites (N-methyl/N-ethyl adjacent to an activating group) is 1. The number of nitrogens with one attached hydrogen (secondary N) is 1. The maximum Gasteiger partial charge on any atom is 0.129 e. The molecule has 0 aliphatic rings. The van der Waals surface area contributed by atoms with Crippen molar-refractivity contribution in [3.63, 3.8) is 0 Å². The van der Waals surface area contributed by atoms with Crippen LogP contribution in [-0.2, 0) is 0 Å². The van der Waals surface area contributed by atoms with Gasteiger partial charge in [-0.15, -0.1) is 0 Å². The molecule has 2 nitrogen and oxygen atoms in total. The molecule has 0 saturated carbocycles. The molecule has 0 atom stereocenters. The predicted molar refractivity (Wildman–Crippen MR) is 58.8 cm³/mol. The molecule has 0 aromatic heterocycles. The van der Waals surface area contributed by atoms with Gasteiger partial charge in [-0.1, -0.05) is 18.2 Å². The van der Waals surface area contributed by atoms with E-state index in [1.54, 1.807) is 6.07 Å². The first-order valence-corrected chi connectivity index (χ1v) is 4.83. The molecule has 0 fully saturated rings. The van der Waals surface area contributed by atoms with Crippen LogP contribution in [0.1, 0.15) is 5.56 Å². The highest BCUT2D eigenvalue weighted by atomic mass is 79.9. The lowest BCUT2D eigenvalue weighted by atomic mass is 10.2. The first-order valence-electron chi connectivity index (χ1n) is 4.03. The molecule has 0 unspecified atom stereocenters. The molecule has 1 rings (SSSR count). The van der Waals surface area contributed by atoms with Crippen molar-refractivity contribution in [2.24, 2.45) is 0 Å². The Balaban J connectivity index is 2.73. The van der Waals surface area contributed by atoms with Crippen LogP contribution in [0.5, 0.6) is 5.75 Å². The number of rotatable bonds is 3. The third-order valence-corrected chi connectivity index (χ3v) is 2.24. The van der Waals surface area contributed by atoms with Crippen LogP contribution in [0.2, 0.25) is 0 Å². The van der Waals surface area contributed by atoms with Gasteiger partial charge in [0.25, 0.3) is 0 Å². The number of hydrogen-bond acceptors (Lipinski definition) is 2. The van der Waals surface area contributed by atoms with Crippen molar-refractivity contribution >= 4 is 22.0 Å². The molecule has 0 radical (unpaired) electrons. The van der Waals surface area contributed by atoms with Crippen LogP contribution in [0.3, 0.4) is 0 Å². The van der Waals surface area contributed by atoms with Gasteiger partial charge in [0.15, 0.2) is 0 Å². The van der Waals surface area contributed by atoms with E-state index in [1.165, 1.54) is 0 Å². The summed E-state index contributed by atoms with van der Waals surface area (Å²) < 4.78 is 0.721. The summed E-state index contributed by atoms with van der Waals surface area (Å²) in [7, 11) is 1.90. The molecule has 2 N–H and O–H groups in total. The zero-order chi connectivity index (χ0) is 9.68. The summed E-state index contributed by atoms with van der Waals surface area (Å²) in [5.74, 6) is 0.269. The minimum atomic E-state index is 0.269. The maximum atomic E-state index is 9.23. The van der Waals surface area contributed by atoms with E-state index in [2.05, 4.69) is 21.2 Å². The Morgan fingerprint density at radius 1 is 1.54 bits per heavy atom. The van der Waals surface area contributed by atoms with E-state index in [4.69, 9.17) is 0 Å². The van der Waals surface area contributed by atoms with Crippen molar-refractivity contribution in [3.8, 4) is 5.75 Å². The maximum absolute atomic E-state index is 9.23. The third kappa shape index (κ3) is 3.20. The molecular weight excluding hydrogens is 230 g/mol. The molecule has 0 spiro atoms. The molecule has 0 heterocycles. The highest BCUT2D eigenvalue weighted by Gasteiger charge is 1.95. The molecule has 70 valence electrons. The van der Waals surface area contributed by atoms with Crippen LogP contribution < -0.4 is 5.32 Å². The summed E-state index contributed by atoms with van der Waals surface area (Å²) in [5, 5.41) is 12.2. The van der Waals surface area contributed by atoms with Crippen LogP contribution >= 0.6 is 15.9 Å². The first kappa shape index (κ1) is 10.3. The lowest BCUT2D eigenvalue weighted by Crippen LogP contribution is -2.03. The third-order valence-electron chi connectivity index (χ3n) is 1.60. The van der Waals surface area contributed by atoms with Crippen LogP contribution in [-0.4, -0.2) is 18.7 Å². The smallest absolute Gasteiger partial charge is 0.129 e. The van der Waals surface area contributed by atoms with Gasteiger partial charge < -0.3 is 10.4 Å². The zero-order valence-corrected chi connectivity index (χ0v) is 9.01. The molecule has 0 aliphatic carbocycles. The largest absolute Gasteiger partial charge is 0.507 e. The summed E-state index contributed by atoms with van der Waals surface area (Å²) >= 11 is 3.26. The van der Waals surface area contributed by atoms with Crippen molar-refractivity contribution in [2.75, 3.05) is 13.6 Å². The predicted octanol–water partition coefficient (Wildman–Crippen LogP) is 2.39. The average molecular weight is 242 g/mol. The normalized spacial score (nSPS) is 10.9. The van der Waals surface area contributed by atoms with Crippen LogP contribution in [0.4, 0.5) is 0 Å². The SMILES string of the molecule is CNCC=Cc1ccc(O)c(Br)c1. The van der Waals surface area contributed by atoms with E-state index in [0.717, 1.165) is 16.6 Å². The van der Waals surface area contributed by atoms with E-state index in [-0.39, 0.29) is 5.75 Å². The number of phenolic OH excluding ortho intramolecular Hbond substituents is 1. The fraction of sp³-hybridized carbons (Fsp3) is 0.200. The Bertz CT molecular complexity index is 310. The molecule has 13 heavy (non-hydrogen) atoms. The van der Waals surface area contributed by atoms with Crippen LogP contribution in [0.15, 0.2) is 28.7 Å². The van der Waals surface area contributed by atoms with Gasteiger partial charge in [-0.05, 0) is 40.7 Å². The van der Waals surface area contributed by atoms with Gasteiger partial charge in [0, 0.05) is 6.54 Å². The topological polar surface area (TPSA) is 32.3 Å². The lowest BCUT2D eigenvalue weighted by molar-refractivity contribution is 0.472. The fourth-order valence-corrected chi connectivity index (χ4v) is 1.34. The number of benzene rings is 1.